The molecule has 0 spiro atoms. The lowest BCUT2D eigenvalue weighted by Crippen LogP contribution is -2.46. The highest BCUT2D eigenvalue weighted by Crippen LogP contribution is 2.36. The van der Waals surface area contributed by atoms with Crippen molar-refractivity contribution in [1.29, 1.82) is 0 Å². The number of amides is 2. The van der Waals surface area contributed by atoms with Crippen LogP contribution in [0.25, 0.3) is 0 Å². The first-order valence-corrected chi connectivity index (χ1v) is 8.06. The minimum absolute atomic E-state index is 0.108. The predicted molar refractivity (Wildman–Crippen MR) is 92.9 cm³/mol. The molecule has 25 heavy (non-hydrogen) atoms. The molecule has 1 heterocycles. The molecular weight excluding hydrogens is 326 g/mol. The predicted octanol–water partition coefficient (Wildman–Crippen LogP) is 1.17. The molecule has 8 heteroatoms. The highest BCUT2D eigenvalue weighted by Gasteiger charge is 2.31. The first kappa shape index (κ1) is 18.7. The molecule has 1 unspecified atom stereocenters. The van der Waals surface area contributed by atoms with E-state index in [4.69, 9.17) is 9.84 Å². The third-order valence-corrected chi connectivity index (χ3v) is 3.79. The van der Waals surface area contributed by atoms with Gasteiger partial charge in [-0.05, 0) is 39.2 Å². The van der Waals surface area contributed by atoms with Crippen LogP contribution in [-0.4, -0.2) is 61.1 Å². The second kappa shape index (κ2) is 7.98. The van der Waals surface area contributed by atoms with Gasteiger partial charge in [-0.1, -0.05) is 0 Å². The number of ether oxygens (including phenoxy) is 1. The summed E-state index contributed by atoms with van der Waals surface area (Å²) in [5.41, 5.74) is 1.09. The van der Waals surface area contributed by atoms with Gasteiger partial charge in [-0.2, -0.15) is 0 Å². The second-order valence-electron chi connectivity index (χ2n) is 6.18. The molecule has 8 nitrogen and oxygen atoms in total. The van der Waals surface area contributed by atoms with E-state index in [1.165, 1.54) is 0 Å². The van der Waals surface area contributed by atoms with Gasteiger partial charge in [-0.15, -0.1) is 0 Å². The Morgan fingerprint density at radius 3 is 2.68 bits per heavy atom. The summed E-state index contributed by atoms with van der Waals surface area (Å²) in [6, 6.07) is 5.05. The van der Waals surface area contributed by atoms with Gasteiger partial charge in [0.05, 0.1) is 12.1 Å². The fourth-order valence-corrected chi connectivity index (χ4v) is 2.46. The van der Waals surface area contributed by atoms with Gasteiger partial charge in [-0.3, -0.25) is 14.4 Å². The summed E-state index contributed by atoms with van der Waals surface area (Å²) in [6.07, 6.45) is -0.903. The van der Waals surface area contributed by atoms with Gasteiger partial charge in [-0.25, -0.2) is 0 Å². The summed E-state index contributed by atoms with van der Waals surface area (Å²) in [7, 11) is 3.85. The topological polar surface area (TPSA) is 99.2 Å². The van der Waals surface area contributed by atoms with E-state index in [-0.39, 0.29) is 18.7 Å². The molecule has 0 fully saturated rings. The maximum atomic E-state index is 12.4. The molecule has 1 aromatic carbocycles. The maximum Gasteiger partial charge on any atom is 0.303 e. The number of fused-ring (bicyclic) bond motifs is 1. The molecule has 0 saturated carbocycles. The fourth-order valence-electron chi connectivity index (χ4n) is 2.46. The maximum absolute atomic E-state index is 12.4. The number of nitrogens with zero attached hydrogens (tertiary/aromatic N) is 2. The van der Waals surface area contributed by atoms with Crippen molar-refractivity contribution in [2.75, 3.05) is 37.4 Å². The molecule has 1 aromatic rings. The number of carbonyl (C=O) groups excluding carboxylic acids is 2. The number of hydrogen-bond acceptors (Lipinski definition) is 5. The Balaban J connectivity index is 2.18. The summed E-state index contributed by atoms with van der Waals surface area (Å²) in [5, 5.41) is 11.3. The van der Waals surface area contributed by atoms with Crippen molar-refractivity contribution >= 4 is 29.2 Å². The van der Waals surface area contributed by atoms with Gasteiger partial charge in [0.2, 0.25) is 5.91 Å². The third kappa shape index (κ3) is 4.93. The van der Waals surface area contributed by atoms with Gasteiger partial charge in [0.1, 0.15) is 5.75 Å². The van der Waals surface area contributed by atoms with Crippen LogP contribution in [0, 0.1) is 0 Å². The van der Waals surface area contributed by atoms with E-state index in [9.17, 15) is 14.4 Å². The van der Waals surface area contributed by atoms with E-state index in [0.717, 1.165) is 0 Å². The van der Waals surface area contributed by atoms with E-state index in [1.54, 1.807) is 30.0 Å². The highest BCUT2D eigenvalue weighted by molar-refractivity contribution is 6.01. The van der Waals surface area contributed by atoms with Crippen molar-refractivity contribution in [2.24, 2.45) is 0 Å². The van der Waals surface area contributed by atoms with Crippen LogP contribution in [0.4, 0.5) is 11.4 Å². The number of carboxylic acid groups (broad SMARTS) is 1. The van der Waals surface area contributed by atoms with Crippen LogP contribution in [0.1, 0.15) is 19.8 Å². The number of hydrogen-bond donors (Lipinski definition) is 2. The number of benzene rings is 1. The number of nitrogens with one attached hydrogen (secondary N) is 1. The van der Waals surface area contributed by atoms with Gasteiger partial charge < -0.3 is 25.0 Å². The first-order chi connectivity index (χ1) is 11.8. The minimum Gasteiger partial charge on any atom is -0.481 e. The zero-order valence-corrected chi connectivity index (χ0v) is 14.6. The smallest absolute Gasteiger partial charge is 0.303 e. The molecule has 1 atom stereocenters. The molecule has 1 aliphatic rings. The molecule has 0 bridgehead atoms. The van der Waals surface area contributed by atoms with Crippen molar-refractivity contribution in [3.05, 3.63) is 18.2 Å². The second-order valence-corrected chi connectivity index (χ2v) is 6.18. The van der Waals surface area contributed by atoms with Gasteiger partial charge in [0.15, 0.2) is 6.10 Å². The SMILES string of the molecule is CC1Oc2ccc(NC(=O)CCC(=O)O)cc2N(CCN(C)C)C1=O. The number of carboxylic acids is 1. The summed E-state index contributed by atoms with van der Waals surface area (Å²) in [6.45, 7) is 2.89. The van der Waals surface area contributed by atoms with Crippen LogP contribution in [0.2, 0.25) is 0 Å². The Labute approximate surface area is 146 Å². The molecule has 2 rings (SSSR count). The van der Waals surface area contributed by atoms with Gasteiger partial charge in [0.25, 0.3) is 5.91 Å². The van der Waals surface area contributed by atoms with Crippen molar-refractivity contribution in [2.45, 2.75) is 25.9 Å². The lowest BCUT2D eigenvalue weighted by atomic mass is 10.1. The number of carbonyl (C=O) groups is 3. The largest absolute Gasteiger partial charge is 0.481 e. The Morgan fingerprint density at radius 2 is 2.04 bits per heavy atom. The molecule has 0 radical (unpaired) electrons. The van der Waals surface area contributed by atoms with Crippen molar-refractivity contribution < 1.29 is 24.2 Å². The molecule has 0 aliphatic carbocycles. The fraction of sp³-hybridized carbons (Fsp3) is 0.471. The average Bonchev–Trinajstić information content (AvgIpc) is 2.53. The van der Waals surface area contributed by atoms with E-state index < -0.39 is 18.0 Å². The monoisotopic (exact) mass is 349 g/mol. The summed E-state index contributed by atoms with van der Waals surface area (Å²) in [4.78, 5) is 38.4. The molecule has 0 saturated heterocycles. The average molecular weight is 349 g/mol. The number of aliphatic carboxylic acids is 1. The zero-order chi connectivity index (χ0) is 18.6. The minimum atomic E-state index is -1.02. The molecule has 136 valence electrons. The van der Waals surface area contributed by atoms with Crippen molar-refractivity contribution in [3.8, 4) is 5.75 Å². The number of likely N-dealkylation sites (N-methyl/N-ethyl adjacent to an activating group) is 1. The highest BCUT2D eigenvalue weighted by atomic mass is 16.5. The van der Waals surface area contributed by atoms with Crippen LogP contribution in [0.5, 0.6) is 5.75 Å². The van der Waals surface area contributed by atoms with Gasteiger partial charge >= 0.3 is 5.97 Å². The zero-order valence-electron chi connectivity index (χ0n) is 14.6. The van der Waals surface area contributed by atoms with E-state index in [0.29, 0.717) is 30.2 Å². The normalized spacial score (nSPS) is 16.4. The molecule has 2 N–H and O–H groups in total. The Morgan fingerprint density at radius 1 is 1.32 bits per heavy atom. The van der Waals surface area contributed by atoms with Crippen molar-refractivity contribution in [1.82, 2.24) is 4.90 Å². The van der Waals surface area contributed by atoms with Crippen LogP contribution >= 0.6 is 0 Å². The van der Waals surface area contributed by atoms with Crippen LogP contribution in [0.15, 0.2) is 18.2 Å². The Hall–Kier alpha value is -2.61. The molecule has 1 aliphatic heterocycles. The van der Waals surface area contributed by atoms with Crippen molar-refractivity contribution in [3.63, 3.8) is 0 Å². The van der Waals surface area contributed by atoms with Crippen LogP contribution in [-0.2, 0) is 14.4 Å². The van der Waals surface area contributed by atoms with Crippen LogP contribution < -0.4 is 15.0 Å². The molecular formula is C17H23N3O5. The first-order valence-electron chi connectivity index (χ1n) is 8.06. The third-order valence-electron chi connectivity index (χ3n) is 3.79. The lowest BCUT2D eigenvalue weighted by Gasteiger charge is -2.34. The van der Waals surface area contributed by atoms with E-state index in [2.05, 4.69) is 5.32 Å². The lowest BCUT2D eigenvalue weighted by molar-refractivity contribution is -0.138. The van der Waals surface area contributed by atoms with E-state index in [1.807, 2.05) is 19.0 Å². The summed E-state index contributed by atoms with van der Waals surface area (Å²) in [5.74, 6) is -0.972. The van der Waals surface area contributed by atoms with Crippen LogP contribution in [0.3, 0.4) is 0 Å². The summed E-state index contributed by atoms with van der Waals surface area (Å²) < 4.78 is 5.62. The van der Waals surface area contributed by atoms with E-state index >= 15 is 0 Å². The number of anilines is 2. The molecule has 0 aromatic heterocycles. The Bertz CT molecular complexity index is 674. The quantitative estimate of drug-likeness (QED) is 0.766. The molecule has 2 amide bonds. The summed E-state index contributed by atoms with van der Waals surface area (Å²) >= 11 is 0. The Kier molecular flexibility index (Phi) is 5.97. The standard InChI is InChI=1S/C17H23N3O5/c1-11-17(24)20(9-8-19(2)3)13-10-12(4-5-14(13)25-11)18-15(21)6-7-16(22)23/h4-5,10-11H,6-9H2,1-3H3,(H,18,21)(H,22,23). The van der Waals surface area contributed by atoms with Gasteiger partial charge in [0, 0.05) is 25.2 Å². The number of rotatable bonds is 7.